The third-order valence-corrected chi connectivity index (χ3v) is 4.77. The highest BCUT2D eigenvalue weighted by Crippen LogP contribution is 2.30. The number of hydrogen-bond donors (Lipinski definition) is 2. The van der Waals surface area contributed by atoms with E-state index in [1.54, 1.807) is 6.07 Å². The normalized spacial score (nSPS) is 15.6. The SMILES string of the molecule is CC(c1ccc(-c2ccccc2)c(F)c1)c1cc(NC2=NCN(C)CN2)no1. The van der Waals surface area contributed by atoms with Crippen LogP contribution in [-0.2, 0) is 0 Å². The summed E-state index contributed by atoms with van der Waals surface area (Å²) in [5, 5.41) is 10.3. The minimum atomic E-state index is -0.252. The van der Waals surface area contributed by atoms with Crippen molar-refractivity contribution in [2.75, 3.05) is 25.7 Å². The first-order valence-corrected chi connectivity index (χ1v) is 9.15. The summed E-state index contributed by atoms with van der Waals surface area (Å²) in [6, 6.07) is 16.6. The lowest BCUT2D eigenvalue weighted by molar-refractivity contribution is 0.324. The van der Waals surface area contributed by atoms with Gasteiger partial charge in [0.2, 0.25) is 0 Å². The van der Waals surface area contributed by atoms with Crippen molar-refractivity contribution < 1.29 is 8.91 Å². The lowest BCUT2D eigenvalue weighted by Gasteiger charge is -2.22. The molecule has 0 radical (unpaired) electrons. The molecule has 0 spiro atoms. The van der Waals surface area contributed by atoms with Crippen molar-refractivity contribution in [3.05, 3.63) is 71.7 Å². The number of nitrogens with zero attached hydrogens (tertiary/aromatic N) is 3. The molecule has 4 rings (SSSR count). The van der Waals surface area contributed by atoms with E-state index in [0.29, 0.717) is 36.4 Å². The second-order valence-electron chi connectivity index (χ2n) is 6.91. The largest absolute Gasteiger partial charge is 0.359 e. The van der Waals surface area contributed by atoms with Crippen LogP contribution in [0, 0.1) is 5.82 Å². The van der Waals surface area contributed by atoms with E-state index in [4.69, 9.17) is 4.52 Å². The number of nitrogens with one attached hydrogen (secondary N) is 2. The maximum atomic E-state index is 14.7. The third kappa shape index (κ3) is 3.89. The van der Waals surface area contributed by atoms with Gasteiger partial charge in [0.25, 0.3) is 0 Å². The summed E-state index contributed by atoms with van der Waals surface area (Å²) in [7, 11) is 1.98. The van der Waals surface area contributed by atoms with Crippen LogP contribution in [0.25, 0.3) is 11.1 Å². The Morgan fingerprint density at radius 2 is 2.00 bits per heavy atom. The van der Waals surface area contributed by atoms with Crippen molar-refractivity contribution in [2.24, 2.45) is 4.99 Å². The van der Waals surface area contributed by atoms with Gasteiger partial charge in [0.15, 0.2) is 11.8 Å². The molecule has 0 saturated heterocycles. The van der Waals surface area contributed by atoms with Gasteiger partial charge in [-0.25, -0.2) is 9.38 Å². The third-order valence-electron chi connectivity index (χ3n) is 4.77. The highest BCUT2D eigenvalue weighted by molar-refractivity contribution is 5.93. The van der Waals surface area contributed by atoms with Crippen LogP contribution in [-0.4, -0.2) is 36.4 Å². The number of aliphatic imine (C=N–C) groups is 1. The first-order valence-electron chi connectivity index (χ1n) is 9.15. The Kier molecular flexibility index (Phi) is 5.08. The molecule has 3 aromatic rings. The Hall–Kier alpha value is -3.19. The summed E-state index contributed by atoms with van der Waals surface area (Å²) in [5.41, 5.74) is 2.27. The van der Waals surface area contributed by atoms with E-state index in [1.165, 1.54) is 0 Å². The fraction of sp³-hybridized carbons (Fsp3) is 0.238. The van der Waals surface area contributed by atoms with E-state index in [9.17, 15) is 4.39 Å². The van der Waals surface area contributed by atoms with E-state index in [2.05, 4.69) is 20.8 Å². The van der Waals surface area contributed by atoms with Gasteiger partial charge in [-0.2, -0.15) is 0 Å². The van der Waals surface area contributed by atoms with Gasteiger partial charge in [-0.05, 0) is 24.2 Å². The second kappa shape index (κ2) is 7.82. The van der Waals surface area contributed by atoms with Crippen molar-refractivity contribution in [3.8, 4) is 11.1 Å². The molecule has 2 heterocycles. The Morgan fingerprint density at radius 3 is 2.71 bits per heavy atom. The molecule has 0 bridgehead atoms. The van der Waals surface area contributed by atoms with Crippen molar-refractivity contribution >= 4 is 11.8 Å². The molecule has 144 valence electrons. The number of benzene rings is 2. The molecular weight excluding hydrogens is 357 g/mol. The summed E-state index contributed by atoms with van der Waals surface area (Å²) >= 11 is 0. The zero-order valence-electron chi connectivity index (χ0n) is 15.8. The quantitative estimate of drug-likeness (QED) is 0.721. The van der Waals surface area contributed by atoms with Crippen molar-refractivity contribution in [1.29, 1.82) is 0 Å². The molecular formula is C21H22FN5O. The Balaban J connectivity index is 1.50. The molecule has 7 heteroatoms. The van der Waals surface area contributed by atoms with E-state index in [-0.39, 0.29) is 11.7 Å². The van der Waals surface area contributed by atoms with E-state index in [1.807, 2.05) is 67.4 Å². The Labute approximate surface area is 163 Å². The first-order chi connectivity index (χ1) is 13.6. The van der Waals surface area contributed by atoms with Gasteiger partial charge in [-0.3, -0.25) is 4.90 Å². The van der Waals surface area contributed by atoms with Crippen LogP contribution in [0.15, 0.2) is 64.1 Å². The maximum absolute atomic E-state index is 14.7. The predicted molar refractivity (Wildman–Crippen MR) is 108 cm³/mol. The molecule has 0 fully saturated rings. The molecule has 0 saturated carbocycles. The molecule has 1 aromatic heterocycles. The van der Waals surface area contributed by atoms with Crippen LogP contribution in [0.4, 0.5) is 10.2 Å². The fourth-order valence-electron chi connectivity index (χ4n) is 3.08. The van der Waals surface area contributed by atoms with Crippen LogP contribution in [0.3, 0.4) is 0 Å². The average molecular weight is 379 g/mol. The van der Waals surface area contributed by atoms with E-state index >= 15 is 0 Å². The Morgan fingerprint density at radius 1 is 1.18 bits per heavy atom. The second-order valence-corrected chi connectivity index (χ2v) is 6.91. The number of halogens is 1. The van der Waals surface area contributed by atoms with Gasteiger partial charge in [0, 0.05) is 17.5 Å². The van der Waals surface area contributed by atoms with Gasteiger partial charge in [0.05, 0.1) is 13.3 Å². The van der Waals surface area contributed by atoms with Gasteiger partial charge < -0.3 is 15.2 Å². The molecule has 2 N–H and O–H groups in total. The molecule has 2 aromatic carbocycles. The van der Waals surface area contributed by atoms with E-state index < -0.39 is 0 Å². The van der Waals surface area contributed by atoms with Gasteiger partial charge in [0.1, 0.15) is 11.6 Å². The van der Waals surface area contributed by atoms with Gasteiger partial charge in [-0.15, -0.1) is 0 Å². The molecule has 0 aliphatic carbocycles. The lowest BCUT2D eigenvalue weighted by atomic mass is 9.95. The fourth-order valence-corrected chi connectivity index (χ4v) is 3.08. The van der Waals surface area contributed by atoms with Crippen LogP contribution in [0.2, 0.25) is 0 Å². The molecule has 6 nitrogen and oxygen atoms in total. The number of rotatable bonds is 4. The maximum Gasteiger partial charge on any atom is 0.199 e. The number of aromatic nitrogens is 1. The lowest BCUT2D eigenvalue weighted by Crippen LogP contribution is -2.44. The van der Waals surface area contributed by atoms with E-state index in [0.717, 1.165) is 11.1 Å². The summed E-state index contributed by atoms with van der Waals surface area (Å²) in [6.07, 6.45) is 0. The van der Waals surface area contributed by atoms with Crippen LogP contribution in [0.5, 0.6) is 0 Å². The summed E-state index contributed by atoms with van der Waals surface area (Å²) in [4.78, 5) is 6.39. The zero-order chi connectivity index (χ0) is 19.5. The molecule has 1 unspecified atom stereocenters. The molecule has 0 amide bonds. The summed E-state index contributed by atoms with van der Waals surface area (Å²) in [5.74, 6) is 1.50. The molecule has 1 aliphatic heterocycles. The van der Waals surface area contributed by atoms with Crippen molar-refractivity contribution in [3.63, 3.8) is 0 Å². The monoisotopic (exact) mass is 379 g/mol. The average Bonchev–Trinajstić information content (AvgIpc) is 3.18. The predicted octanol–water partition coefficient (Wildman–Crippen LogP) is 3.85. The van der Waals surface area contributed by atoms with Crippen LogP contribution in [0.1, 0.15) is 24.2 Å². The van der Waals surface area contributed by atoms with Crippen LogP contribution >= 0.6 is 0 Å². The minimum absolute atomic E-state index is 0.130. The van der Waals surface area contributed by atoms with Crippen molar-refractivity contribution in [2.45, 2.75) is 12.8 Å². The minimum Gasteiger partial charge on any atom is -0.359 e. The molecule has 1 atom stereocenters. The zero-order valence-corrected chi connectivity index (χ0v) is 15.8. The van der Waals surface area contributed by atoms with Crippen molar-refractivity contribution in [1.82, 2.24) is 15.4 Å². The topological polar surface area (TPSA) is 65.7 Å². The highest BCUT2D eigenvalue weighted by Gasteiger charge is 2.18. The highest BCUT2D eigenvalue weighted by atomic mass is 19.1. The van der Waals surface area contributed by atoms with Crippen LogP contribution < -0.4 is 10.6 Å². The standard InChI is InChI=1S/C21H22FN5O/c1-14(16-8-9-17(18(22)10-16)15-6-4-3-5-7-15)19-11-20(26-28-19)25-21-23-12-27(2)13-24-21/h3-11,14H,12-13H2,1-2H3,(H2,23,24,25,26). The molecule has 1 aliphatic rings. The summed E-state index contributed by atoms with van der Waals surface area (Å²) < 4.78 is 20.1. The number of anilines is 1. The molecule has 28 heavy (non-hydrogen) atoms. The number of guanidine groups is 1. The summed E-state index contributed by atoms with van der Waals surface area (Å²) in [6.45, 7) is 3.29. The van der Waals surface area contributed by atoms with Gasteiger partial charge >= 0.3 is 0 Å². The smallest absolute Gasteiger partial charge is 0.199 e. The number of hydrogen-bond acceptors (Lipinski definition) is 6. The first kappa shape index (κ1) is 18.2. The van der Waals surface area contributed by atoms with Gasteiger partial charge in [-0.1, -0.05) is 54.5 Å². The Bertz CT molecular complexity index is 985.